The first-order chi connectivity index (χ1) is 12.0. The number of hydrogen-bond acceptors (Lipinski definition) is 4. The molecule has 0 saturated carbocycles. The number of piperidine rings is 1. The number of nitrogens with one attached hydrogen (secondary N) is 1. The van der Waals surface area contributed by atoms with Crippen molar-refractivity contribution in [3.8, 4) is 0 Å². The monoisotopic (exact) mass is 398 g/mol. The van der Waals surface area contributed by atoms with Gasteiger partial charge in [0.05, 0.1) is 5.75 Å². The molecular formula is C18H23ClN2O2S2. The smallest absolute Gasteiger partial charge is 0.215 e. The van der Waals surface area contributed by atoms with E-state index < -0.39 is 10.0 Å². The number of hydrogen-bond donors (Lipinski definition) is 1. The normalized spacial score (nSPS) is 17.0. The fourth-order valence-electron chi connectivity index (χ4n) is 3.11. The molecule has 0 amide bonds. The second-order valence-corrected chi connectivity index (χ2v) is 9.54. The quantitative estimate of drug-likeness (QED) is 0.773. The van der Waals surface area contributed by atoms with Gasteiger partial charge in [0.15, 0.2) is 0 Å². The van der Waals surface area contributed by atoms with Gasteiger partial charge in [0.1, 0.15) is 0 Å². The van der Waals surface area contributed by atoms with Crippen molar-refractivity contribution in [1.82, 2.24) is 9.62 Å². The zero-order valence-electron chi connectivity index (χ0n) is 14.0. The van der Waals surface area contributed by atoms with Crippen LogP contribution in [0.1, 0.15) is 24.0 Å². The first kappa shape index (κ1) is 18.9. The highest BCUT2D eigenvalue weighted by Gasteiger charge is 2.21. The molecule has 1 aliphatic heterocycles. The lowest BCUT2D eigenvalue weighted by molar-refractivity contribution is 0.179. The number of benzene rings is 1. The highest BCUT2D eigenvalue weighted by atomic mass is 35.5. The number of thiophene rings is 1. The van der Waals surface area contributed by atoms with Gasteiger partial charge in [-0.25, -0.2) is 13.1 Å². The van der Waals surface area contributed by atoms with Crippen molar-refractivity contribution in [2.45, 2.75) is 25.1 Å². The lowest BCUT2D eigenvalue weighted by atomic mass is 9.97. The molecule has 0 unspecified atom stereocenters. The van der Waals surface area contributed by atoms with Crippen molar-refractivity contribution >= 4 is 33.0 Å². The van der Waals surface area contributed by atoms with Crippen molar-refractivity contribution in [1.29, 1.82) is 0 Å². The summed E-state index contributed by atoms with van der Waals surface area (Å²) < 4.78 is 27.3. The summed E-state index contributed by atoms with van der Waals surface area (Å²) in [6, 6.07) is 9.25. The molecular weight excluding hydrogens is 376 g/mol. The molecule has 1 aliphatic rings. The zero-order chi connectivity index (χ0) is 17.7. The van der Waals surface area contributed by atoms with Crippen LogP contribution >= 0.6 is 22.9 Å². The van der Waals surface area contributed by atoms with Crippen LogP contribution in [0, 0.1) is 5.92 Å². The standard InChI is InChI=1S/C18H23ClN2O2S2/c19-18-4-2-1-3-17(18)14-25(22,23)20-11-15-5-8-21(9-6-15)12-16-7-10-24-13-16/h1-4,7,10,13,15,20H,5-6,8-9,11-12,14H2. The number of rotatable bonds is 7. The van der Waals surface area contributed by atoms with Crippen LogP contribution < -0.4 is 4.72 Å². The molecule has 1 N–H and O–H groups in total. The molecule has 0 atom stereocenters. The van der Waals surface area contributed by atoms with Crippen LogP contribution in [0.5, 0.6) is 0 Å². The summed E-state index contributed by atoms with van der Waals surface area (Å²) in [7, 11) is -3.36. The average Bonchev–Trinajstić information content (AvgIpc) is 3.09. The molecule has 136 valence electrons. The van der Waals surface area contributed by atoms with Crippen LogP contribution in [-0.4, -0.2) is 33.0 Å². The van der Waals surface area contributed by atoms with Gasteiger partial charge >= 0.3 is 0 Å². The summed E-state index contributed by atoms with van der Waals surface area (Å²) in [6.07, 6.45) is 2.05. The third-order valence-corrected chi connectivity index (χ3v) is 6.99. The van der Waals surface area contributed by atoms with Gasteiger partial charge in [-0.15, -0.1) is 0 Å². The predicted octanol–water partition coefficient (Wildman–Crippen LogP) is 3.73. The first-order valence-electron chi connectivity index (χ1n) is 8.46. The Balaban J connectivity index is 1.44. The SMILES string of the molecule is O=S(=O)(Cc1ccccc1Cl)NCC1CCN(Cc2ccsc2)CC1. The fraction of sp³-hybridized carbons (Fsp3) is 0.444. The zero-order valence-corrected chi connectivity index (χ0v) is 16.4. The second-order valence-electron chi connectivity index (χ2n) is 6.55. The van der Waals surface area contributed by atoms with Gasteiger partial charge < -0.3 is 0 Å². The summed E-state index contributed by atoms with van der Waals surface area (Å²) in [5, 5.41) is 4.79. The minimum atomic E-state index is -3.36. The Morgan fingerprint density at radius 1 is 1.20 bits per heavy atom. The van der Waals surface area contributed by atoms with Gasteiger partial charge in [-0.1, -0.05) is 29.8 Å². The van der Waals surface area contributed by atoms with Crippen LogP contribution in [0.4, 0.5) is 0 Å². The van der Waals surface area contributed by atoms with Crippen molar-refractivity contribution < 1.29 is 8.42 Å². The molecule has 0 bridgehead atoms. The molecule has 1 fully saturated rings. The first-order valence-corrected chi connectivity index (χ1v) is 11.4. The van der Waals surface area contributed by atoms with E-state index in [9.17, 15) is 8.42 Å². The fourth-order valence-corrected chi connectivity index (χ4v) is 5.30. The molecule has 1 aromatic carbocycles. The minimum absolute atomic E-state index is 0.0658. The maximum Gasteiger partial charge on any atom is 0.215 e. The third-order valence-electron chi connectivity index (χ3n) is 4.59. The van der Waals surface area contributed by atoms with Crippen molar-refractivity contribution in [2.24, 2.45) is 5.92 Å². The Kier molecular flexibility index (Phi) is 6.52. The molecule has 0 spiro atoms. The highest BCUT2D eigenvalue weighted by molar-refractivity contribution is 7.88. The van der Waals surface area contributed by atoms with E-state index in [0.717, 1.165) is 32.5 Å². The Morgan fingerprint density at radius 2 is 1.96 bits per heavy atom. The van der Waals surface area contributed by atoms with E-state index in [-0.39, 0.29) is 5.75 Å². The van der Waals surface area contributed by atoms with Crippen LogP contribution in [0.15, 0.2) is 41.1 Å². The van der Waals surface area contributed by atoms with Crippen molar-refractivity contribution in [3.63, 3.8) is 0 Å². The van der Waals surface area contributed by atoms with Gasteiger partial charge in [-0.05, 0) is 65.9 Å². The average molecular weight is 399 g/mol. The molecule has 1 aromatic heterocycles. The van der Waals surface area contributed by atoms with E-state index in [1.165, 1.54) is 5.56 Å². The third kappa shape index (κ3) is 5.79. The number of likely N-dealkylation sites (tertiary alicyclic amines) is 1. The summed E-state index contributed by atoms with van der Waals surface area (Å²) in [5.74, 6) is 0.337. The van der Waals surface area contributed by atoms with Crippen LogP contribution in [-0.2, 0) is 22.3 Å². The summed E-state index contributed by atoms with van der Waals surface area (Å²) in [5.41, 5.74) is 2.01. The Labute approximate surface area is 158 Å². The lowest BCUT2D eigenvalue weighted by Gasteiger charge is -2.31. The number of sulfonamides is 1. The van der Waals surface area contributed by atoms with E-state index in [4.69, 9.17) is 11.6 Å². The minimum Gasteiger partial charge on any atom is -0.299 e. The molecule has 25 heavy (non-hydrogen) atoms. The summed E-state index contributed by atoms with van der Waals surface area (Å²) in [6.45, 7) is 3.55. The molecule has 1 saturated heterocycles. The van der Waals surface area contributed by atoms with Crippen molar-refractivity contribution in [3.05, 3.63) is 57.2 Å². The Hall–Kier alpha value is -0.920. The van der Waals surface area contributed by atoms with E-state index in [1.54, 1.807) is 35.6 Å². The maximum absolute atomic E-state index is 12.3. The molecule has 7 heteroatoms. The summed E-state index contributed by atoms with van der Waals surface area (Å²) >= 11 is 7.78. The van der Waals surface area contributed by atoms with Gasteiger partial charge in [0.25, 0.3) is 0 Å². The van der Waals surface area contributed by atoms with Gasteiger partial charge in [0, 0.05) is 18.1 Å². The summed E-state index contributed by atoms with van der Waals surface area (Å²) in [4.78, 5) is 2.44. The Bertz CT molecular complexity index is 770. The van der Waals surface area contributed by atoms with E-state index >= 15 is 0 Å². The molecule has 2 aromatic rings. The van der Waals surface area contributed by atoms with E-state index in [1.807, 2.05) is 0 Å². The second kappa shape index (κ2) is 8.64. The van der Waals surface area contributed by atoms with Crippen LogP contribution in [0.25, 0.3) is 0 Å². The molecule has 4 nitrogen and oxygen atoms in total. The molecule has 0 radical (unpaired) electrons. The van der Waals surface area contributed by atoms with Crippen molar-refractivity contribution in [2.75, 3.05) is 19.6 Å². The maximum atomic E-state index is 12.3. The molecule has 0 aliphatic carbocycles. The van der Waals surface area contributed by atoms with Crippen LogP contribution in [0.2, 0.25) is 5.02 Å². The van der Waals surface area contributed by atoms with Crippen LogP contribution in [0.3, 0.4) is 0 Å². The number of nitrogens with zero attached hydrogens (tertiary/aromatic N) is 1. The Morgan fingerprint density at radius 3 is 2.64 bits per heavy atom. The topological polar surface area (TPSA) is 49.4 Å². The molecule has 3 rings (SSSR count). The van der Waals surface area contributed by atoms with Gasteiger partial charge in [-0.3, -0.25) is 4.90 Å². The van der Waals surface area contributed by atoms with E-state index in [2.05, 4.69) is 26.4 Å². The predicted molar refractivity (Wildman–Crippen MR) is 104 cm³/mol. The lowest BCUT2D eigenvalue weighted by Crippen LogP contribution is -2.38. The van der Waals surface area contributed by atoms with Gasteiger partial charge in [-0.2, -0.15) is 11.3 Å². The number of halogens is 1. The molecule has 2 heterocycles. The largest absolute Gasteiger partial charge is 0.299 e. The highest BCUT2D eigenvalue weighted by Crippen LogP contribution is 2.21. The van der Waals surface area contributed by atoms with Gasteiger partial charge in [0.2, 0.25) is 10.0 Å². The van der Waals surface area contributed by atoms with E-state index in [0.29, 0.717) is 23.0 Å².